The Kier molecular flexibility index (Phi) is 7.02. The van der Waals surface area contributed by atoms with Crippen LogP contribution < -0.4 is 4.90 Å². The zero-order valence-corrected chi connectivity index (χ0v) is 27.3. The second-order valence-corrected chi connectivity index (χ2v) is 16.0. The van der Waals surface area contributed by atoms with Crippen LogP contribution in [0.3, 0.4) is 0 Å². The molecule has 2 aromatic carbocycles. The molecule has 2 N–H and O–H groups in total. The van der Waals surface area contributed by atoms with Crippen molar-refractivity contribution in [3.8, 4) is 0 Å². The highest BCUT2D eigenvalue weighted by Gasteiger charge is 2.74. The number of carbonyl (C=O) groups is 1. The maximum absolute atomic E-state index is 14.5. The van der Waals surface area contributed by atoms with Gasteiger partial charge < -0.3 is 15.1 Å². The molecule has 9 rings (SSSR count). The molecular formula is C39H45F3N2O3. The third kappa shape index (κ3) is 4.29. The van der Waals surface area contributed by atoms with E-state index in [4.69, 9.17) is 0 Å². The Bertz CT molecular complexity index is 1670. The summed E-state index contributed by atoms with van der Waals surface area (Å²) < 4.78 is 42.0. The van der Waals surface area contributed by atoms with Crippen molar-refractivity contribution in [3.63, 3.8) is 0 Å². The van der Waals surface area contributed by atoms with Gasteiger partial charge in [-0.2, -0.15) is 0 Å². The number of aliphatic hydroxyl groups is 2. The first-order valence-electron chi connectivity index (χ1n) is 17.4. The van der Waals surface area contributed by atoms with Crippen LogP contribution in [0.5, 0.6) is 0 Å². The summed E-state index contributed by atoms with van der Waals surface area (Å²) in [6.07, 6.45) is 11.3. The number of nitrogens with zero attached hydrogens (tertiary/aromatic N) is 2. The molecule has 7 aliphatic rings. The Morgan fingerprint density at radius 1 is 0.851 bits per heavy atom. The lowest BCUT2D eigenvalue weighted by molar-refractivity contribution is -0.176. The van der Waals surface area contributed by atoms with Crippen molar-refractivity contribution >= 4 is 11.5 Å². The fraction of sp³-hybridized carbons (Fsp3) is 0.564. The molecule has 5 nitrogen and oxygen atoms in total. The fourth-order valence-corrected chi connectivity index (χ4v) is 11.6. The van der Waals surface area contributed by atoms with E-state index in [1.807, 2.05) is 12.1 Å². The van der Waals surface area contributed by atoms with Crippen LogP contribution in [0.25, 0.3) is 0 Å². The molecule has 0 radical (unpaired) electrons. The van der Waals surface area contributed by atoms with Crippen molar-refractivity contribution in [2.45, 2.75) is 70.5 Å². The van der Waals surface area contributed by atoms with Gasteiger partial charge in [-0.3, -0.25) is 9.69 Å². The Labute approximate surface area is 275 Å². The SMILES string of the molecule is C[C@]12CC[C@H]3[C@]4(C=C[C@@]5(C=C4C(=O)c4ccc(F)c(F)c4)CC(O)CC[C@]35C)[C@@H]1CC[C@@]2(O)CN1CCN(c2ccc(F)cc2)CC1. The van der Waals surface area contributed by atoms with Gasteiger partial charge in [0.25, 0.3) is 0 Å². The number of rotatable bonds is 5. The van der Waals surface area contributed by atoms with Crippen molar-refractivity contribution < 1.29 is 28.2 Å². The average molecular weight is 647 g/mol. The molecule has 2 aromatic rings. The molecule has 2 bridgehead atoms. The number of fused-ring (bicyclic) bond motifs is 1. The first-order valence-corrected chi connectivity index (χ1v) is 17.4. The number of hydrogen-bond donors (Lipinski definition) is 2. The van der Waals surface area contributed by atoms with Crippen molar-refractivity contribution in [1.29, 1.82) is 0 Å². The van der Waals surface area contributed by atoms with Crippen LogP contribution in [-0.4, -0.2) is 65.3 Å². The zero-order chi connectivity index (χ0) is 33.0. The molecule has 1 heterocycles. The van der Waals surface area contributed by atoms with E-state index in [1.54, 1.807) is 0 Å². The van der Waals surface area contributed by atoms with E-state index in [0.717, 1.165) is 69.7 Å². The Hall–Kier alpha value is -2.94. The number of halogens is 3. The predicted octanol–water partition coefficient (Wildman–Crippen LogP) is 6.70. The second kappa shape index (κ2) is 10.5. The van der Waals surface area contributed by atoms with Crippen LogP contribution in [0.1, 0.15) is 69.2 Å². The lowest BCUT2D eigenvalue weighted by atomic mass is 9.32. The first-order chi connectivity index (χ1) is 22.3. The summed E-state index contributed by atoms with van der Waals surface area (Å²) in [5, 5.41) is 23.6. The monoisotopic (exact) mass is 646 g/mol. The van der Waals surface area contributed by atoms with Gasteiger partial charge in [-0.15, -0.1) is 0 Å². The number of carbonyl (C=O) groups excluding carboxylic acids is 1. The van der Waals surface area contributed by atoms with Gasteiger partial charge in [-0.1, -0.05) is 32.1 Å². The highest BCUT2D eigenvalue weighted by atomic mass is 19.2. The molecule has 2 spiro atoms. The number of Topliss-reactive ketones (excluding diaryl/α,β-unsaturated/α-hetero) is 1. The number of β-amino-alcohol motifs (C(OH)–C–C–N with tert-alkyl or cyclic N) is 1. The van der Waals surface area contributed by atoms with Gasteiger partial charge in [0.15, 0.2) is 17.4 Å². The normalized spacial score (nSPS) is 40.9. The van der Waals surface area contributed by atoms with E-state index in [2.05, 4.69) is 41.9 Å². The van der Waals surface area contributed by atoms with Crippen LogP contribution >= 0.6 is 0 Å². The summed E-state index contributed by atoms with van der Waals surface area (Å²) in [5.74, 6) is -2.44. The van der Waals surface area contributed by atoms with Gasteiger partial charge in [0, 0.05) is 65.8 Å². The second-order valence-electron chi connectivity index (χ2n) is 16.0. The summed E-state index contributed by atoms with van der Waals surface area (Å²) in [7, 11) is 0. The minimum Gasteiger partial charge on any atom is -0.393 e. The zero-order valence-electron chi connectivity index (χ0n) is 27.3. The van der Waals surface area contributed by atoms with Gasteiger partial charge in [-0.05, 0) is 105 Å². The molecule has 8 atom stereocenters. The summed E-state index contributed by atoms with van der Waals surface area (Å²) in [6.45, 7) is 8.26. The molecule has 6 aliphatic carbocycles. The molecule has 8 heteroatoms. The lowest BCUT2D eigenvalue weighted by Gasteiger charge is -2.71. The molecular weight excluding hydrogens is 601 g/mol. The van der Waals surface area contributed by atoms with Crippen molar-refractivity contribution in [1.82, 2.24) is 4.90 Å². The first kappa shape index (κ1) is 31.3. The van der Waals surface area contributed by atoms with Gasteiger partial charge in [0.2, 0.25) is 0 Å². The molecule has 4 fully saturated rings. The highest BCUT2D eigenvalue weighted by molar-refractivity contribution is 6.10. The minimum absolute atomic E-state index is 0.0158. The number of hydrogen-bond acceptors (Lipinski definition) is 5. The van der Waals surface area contributed by atoms with Gasteiger partial charge >= 0.3 is 0 Å². The fourth-order valence-electron chi connectivity index (χ4n) is 11.6. The third-order valence-corrected chi connectivity index (χ3v) is 14.2. The van der Waals surface area contributed by atoms with Gasteiger partial charge in [0.1, 0.15) is 5.82 Å². The Balaban J connectivity index is 1.13. The predicted molar refractivity (Wildman–Crippen MR) is 174 cm³/mol. The summed E-state index contributed by atoms with van der Waals surface area (Å²) >= 11 is 0. The average Bonchev–Trinajstić information content (AvgIpc) is 3.32. The quantitative estimate of drug-likeness (QED) is 0.280. The van der Waals surface area contributed by atoms with Crippen molar-refractivity contribution in [2.24, 2.45) is 33.5 Å². The molecule has 1 unspecified atom stereocenters. The van der Waals surface area contributed by atoms with Crippen LogP contribution in [0.15, 0.2) is 66.3 Å². The lowest BCUT2D eigenvalue weighted by Crippen LogP contribution is -2.67. The molecule has 0 amide bonds. The number of benzene rings is 2. The van der Waals surface area contributed by atoms with Crippen LogP contribution in [-0.2, 0) is 0 Å². The number of anilines is 1. The molecule has 47 heavy (non-hydrogen) atoms. The third-order valence-electron chi connectivity index (χ3n) is 14.2. The van der Waals surface area contributed by atoms with Crippen LogP contribution in [0.4, 0.5) is 18.9 Å². The smallest absolute Gasteiger partial charge is 0.189 e. The molecule has 1 aliphatic heterocycles. The summed E-state index contributed by atoms with van der Waals surface area (Å²) in [5.41, 5.74) is -0.980. The Morgan fingerprint density at radius 3 is 2.26 bits per heavy atom. The molecule has 250 valence electrons. The topological polar surface area (TPSA) is 64.0 Å². The minimum atomic E-state index is -1.04. The summed E-state index contributed by atoms with van der Waals surface area (Å²) in [6, 6.07) is 10.0. The number of piperazine rings is 1. The van der Waals surface area contributed by atoms with E-state index in [9.17, 15) is 28.2 Å². The standard InChI is InChI=1S/C39H45F3N2O3/c1-35-12-9-28(45)22-37(35)15-16-39(29(23-37)34(46)25-3-8-30(41)31(42)21-25)32(35)10-13-36(2)33(39)11-14-38(36,47)24-43-17-19-44(20-18-43)27-6-4-26(40)5-7-27/h3-8,15-16,21,23,28,32-33,45,47H,9-14,17-20,22,24H2,1-2H3/t28?,32-,33-,35-,36+,37+,38-,39-/m1/s1. The van der Waals surface area contributed by atoms with E-state index >= 15 is 0 Å². The Morgan fingerprint density at radius 2 is 1.53 bits per heavy atom. The molecule has 0 aromatic heterocycles. The van der Waals surface area contributed by atoms with Gasteiger partial charge in [-0.25, -0.2) is 13.2 Å². The van der Waals surface area contributed by atoms with E-state index in [-0.39, 0.29) is 34.4 Å². The van der Waals surface area contributed by atoms with Gasteiger partial charge in [0.05, 0.1) is 11.7 Å². The van der Waals surface area contributed by atoms with E-state index in [0.29, 0.717) is 31.4 Å². The number of ketones is 1. The largest absolute Gasteiger partial charge is 0.393 e. The maximum Gasteiger partial charge on any atom is 0.189 e. The van der Waals surface area contributed by atoms with Crippen LogP contribution in [0.2, 0.25) is 0 Å². The highest BCUT2D eigenvalue weighted by Crippen LogP contribution is 2.78. The molecule has 3 saturated carbocycles. The van der Waals surface area contributed by atoms with Crippen molar-refractivity contribution in [3.05, 3.63) is 89.3 Å². The van der Waals surface area contributed by atoms with Crippen LogP contribution in [0, 0.1) is 50.9 Å². The number of allylic oxidation sites excluding steroid dienone is 4. The molecule has 1 saturated heterocycles. The van der Waals surface area contributed by atoms with Crippen molar-refractivity contribution in [2.75, 3.05) is 37.6 Å². The van der Waals surface area contributed by atoms with E-state index in [1.165, 1.54) is 18.2 Å². The maximum atomic E-state index is 14.5. The number of aliphatic hydroxyl groups excluding tert-OH is 1. The van der Waals surface area contributed by atoms with E-state index < -0.39 is 39.6 Å². The summed E-state index contributed by atoms with van der Waals surface area (Å²) in [4.78, 5) is 19.2.